The molecule has 10 heteroatoms. The van der Waals surface area contributed by atoms with Crippen LogP contribution in [0.25, 0.3) is 10.9 Å². The first-order valence-corrected chi connectivity index (χ1v) is 11.3. The first-order valence-electron chi connectivity index (χ1n) is 10.9. The highest BCUT2D eigenvalue weighted by molar-refractivity contribution is 6.31. The maximum atomic E-state index is 12.9. The second kappa shape index (κ2) is 8.90. The number of amides is 4. The number of aromatic amines is 1. The van der Waals surface area contributed by atoms with Crippen molar-refractivity contribution < 1.29 is 14.4 Å². The van der Waals surface area contributed by atoms with Crippen LogP contribution in [0, 0.1) is 0 Å². The summed E-state index contributed by atoms with van der Waals surface area (Å²) >= 11 is 6.02. The Kier molecular flexibility index (Phi) is 6.19. The predicted molar refractivity (Wildman–Crippen MR) is 119 cm³/mol. The number of nitrogens with zero attached hydrogens (tertiary/aromatic N) is 3. The molecule has 170 valence electrons. The van der Waals surface area contributed by atoms with Crippen LogP contribution in [0.3, 0.4) is 0 Å². The van der Waals surface area contributed by atoms with E-state index in [2.05, 4.69) is 15.3 Å². The smallest absolute Gasteiger partial charge is 0.325 e. The van der Waals surface area contributed by atoms with E-state index in [-0.39, 0.29) is 36.9 Å². The minimum atomic E-state index is -0.779. The van der Waals surface area contributed by atoms with E-state index in [1.807, 2.05) is 6.92 Å². The summed E-state index contributed by atoms with van der Waals surface area (Å²) in [6, 6.07) is 4.41. The summed E-state index contributed by atoms with van der Waals surface area (Å²) in [5.41, 5.74) is -0.618. The number of fused-ring (bicyclic) bond motifs is 1. The quantitative estimate of drug-likeness (QED) is 0.617. The minimum Gasteiger partial charge on any atom is -0.335 e. The summed E-state index contributed by atoms with van der Waals surface area (Å²) in [4.78, 5) is 60.4. The van der Waals surface area contributed by atoms with E-state index in [1.54, 1.807) is 23.1 Å². The van der Waals surface area contributed by atoms with Crippen LogP contribution in [0.5, 0.6) is 0 Å². The molecule has 0 radical (unpaired) electrons. The van der Waals surface area contributed by atoms with Crippen LogP contribution in [0.4, 0.5) is 4.79 Å². The number of H-pyrrole nitrogens is 1. The van der Waals surface area contributed by atoms with Crippen LogP contribution in [0.2, 0.25) is 5.02 Å². The lowest BCUT2D eigenvalue weighted by atomic mass is 9.98. The molecule has 1 saturated carbocycles. The molecule has 32 heavy (non-hydrogen) atoms. The second-order valence-corrected chi connectivity index (χ2v) is 8.85. The number of imide groups is 1. The molecule has 2 heterocycles. The van der Waals surface area contributed by atoms with Crippen LogP contribution in [0.15, 0.2) is 23.0 Å². The molecule has 1 aromatic carbocycles. The van der Waals surface area contributed by atoms with Gasteiger partial charge in [0.2, 0.25) is 5.91 Å². The molecule has 2 N–H and O–H groups in total. The maximum absolute atomic E-state index is 12.9. The van der Waals surface area contributed by atoms with Crippen molar-refractivity contribution in [1.82, 2.24) is 25.1 Å². The summed E-state index contributed by atoms with van der Waals surface area (Å²) in [5, 5.41) is 3.72. The molecule has 9 nitrogen and oxygen atoms in total. The zero-order valence-electron chi connectivity index (χ0n) is 17.9. The van der Waals surface area contributed by atoms with E-state index < -0.39 is 11.6 Å². The molecule has 2 fully saturated rings. The van der Waals surface area contributed by atoms with Gasteiger partial charge in [0.25, 0.3) is 11.5 Å². The van der Waals surface area contributed by atoms with Crippen molar-refractivity contribution >= 4 is 40.3 Å². The van der Waals surface area contributed by atoms with Gasteiger partial charge in [-0.05, 0) is 37.5 Å². The van der Waals surface area contributed by atoms with Crippen LogP contribution < -0.4 is 10.9 Å². The molecule has 1 spiro atoms. The fraction of sp³-hybridized carbons (Fsp3) is 0.500. The molecular formula is C22H26ClN5O4. The Labute approximate surface area is 190 Å². The number of carbonyl (C=O) groups is 3. The number of benzene rings is 1. The molecule has 2 aliphatic rings. The SMILES string of the molecule is CCCN(Cc1nc2cc(Cl)ccc2c(=O)[nH]1)C(=O)CCN1C(=O)NC2(CCCC2)C1=O. The zero-order chi connectivity index (χ0) is 22.9. The highest BCUT2D eigenvalue weighted by Crippen LogP contribution is 2.35. The molecule has 1 aliphatic heterocycles. The van der Waals surface area contributed by atoms with Gasteiger partial charge in [0, 0.05) is 24.5 Å². The average molecular weight is 460 g/mol. The first kappa shape index (κ1) is 22.3. The maximum Gasteiger partial charge on any atom is 0.325 e. The van der Waals surface area contributed by atoms with Crippen molar-refractivity contribution in [3.63, 3.8) is 0 Å². The zero-order valence-corrected chi connectivity index (χ0v) is 18.7. The molecule has 1 aliphatic carbocycles. The van der Waals surface area contributed by atoms with Crippen molar-refractivity contribution in [2.75, 3.05) is 13.1 Å². The number of nitrogens with one attached hydrogen (secondary N) is 2. The summed E-state index contributed by atoms with van der Waals surface area (Å²) in [6.07, 6.45) is 3.83. The Morgan fingerprint density at radius 3 is 2.72 bits per heavy atom. The highest BCUT2D eigenvalue weighted by atomic mass is 35.5. The van der Waals surface area contributed by atoms with Gasteiger partial charge in [0.05, 0.1) is 17.4 Å². The number of hydrogen-bond acceptors (Lipinski definition) is 5. The Bertz CT molecular complexity index is 1120. The lowest BCUT2D eigenvalue weighted by Crippen LogP contribution is -2.44. The summed E-state index contributed by atoms with van der Waals surface area (Å²) in [5.74, 6) is -0.0904. The molecule has 0 unspecified atom stereocenters. The Morgan fingerprint density at radius 1 is 1.25 bits per heavy atom. The van der Waals surface area contributed by atoms with Crippen LogP contribution in [-0.4, -0.2) is 56.2 Å². The number of hydrogen-bond donors (Lipinski definition) is 2. The van der Waals surface area contributed by atoms with Gasteiger partial charge < -0.3 is 15.2 Å². The van der Waals surface area contributed by atoms with Crippen molar-refractivity contribution in [3.8, 4) is 0 Å². The van der Waals surface area contributed by atoms with E-state index in [0.29, 0.717) is 47.6 Å². The minimum absolute atomic E-state index is 0.0128. The molecular weight excluding hydrogens is 434 g/mol. The van der Waals surface area contributed by atoms with Gasteiger partial charge in [-0.15, -0.1) is 0 Å². The number of halogens is 1. The number of urea groups is 1. The largest absolute Gasteiger partial charge is 0.335 e. The third-order valence-electron chi connectivity index (χ3n) is 6.16. The van der Waals surface area contributed by atoms with E-state index in [9.17, 15) is 19.2 Å². The van der Waals surface area contributed by atoms with Crippen LogP contribution in [0.1, 0.15) is 51.3 Å². The van der Waals surface area contributed by atoms with Gasteiger partial charge in [-0.2, -0.15) is 0 Å². The lowest BCUT2D eigenvalue weighted by Gasteiger charge is -2.23. The second-order valence-electron chi connectivity index (χ2n) is 8.42. The predicted octanol–water partition coefficient (Wildman–Crippen LogP) is 2.57. The highest BCUT2D eigenvalue weighted by Gasteiger charge is 2.52. The fourth-order valence-corrected chi connectivity index (χ4v) is 4.71. The Balaban J connectivity index is 1.45. The Hall–Kier alpha value is -2.94. The van der Waals surface area contributed by atoms with Crippen molar-refractivity contribution in [1.29, 1.82) is 0 Å². The van der Waals surface area contributed by atoms with Crippen molar-refractivity contribution in [3.05, 3.63) is 39.4 Å². The Morgan fingerprint density at radius 2 is 2.00 bits per heavy atom. The lowest BCUT2D eigenvalue weighted by molar-refractivity contribution is -0.134. The van der Waals surface area contributed by atoms with E-state index in [1.165, 1.54) is 0 Å². The number of rotatable bonds is 7. The van der Waals surface area contributed by atoms with Gasteiger partial charge >= 0.3 is 6.03 Å². The third-order valence-corrected chi connectivity index (χ3v) is 6.39. The molecule has 0 bridgehead atoms. The molecule has 0 atom stereocenters. The third kappa shape index (κ3) is 4.21. The fourth-order valence-electron chi connectivity index (χ4n) is 4.54. The number of carbonyl (C=O) groups excluding carboxylic acids is 3. The first-order chi connectivity index (χ1) is 15.3. The average Bonchev–Trinajstić information content (AvgIpc) is 3.30. The van der Waals surface area contributed by atoms with E-state index in [4.69, 9.17) is 11.6 Å². The monoisotopic (exact) mass is 459 g/mol. The van der Waals surface area contributed by atoms with Gasteiger partial charge in [-0.3, -0.25) is 19.3 Å². The van der Waals surface area contributed by atoms with Crippen molar-refractivity contribution in [2.45, 2.75) is 57.5 Å². The molecule has 1 aromatic heterocycles. The van der Waals surface area contributed by atoms with Gasteiger partial charge in [-0.25, -0.2) is 9.78 Å². The standard InChI is InChI=1S/C22H26ClN5O4/c1-2-10-27(13-17-24-16-12-14(23)5-6-15(16)19(30)25-17)18(29)7-11-28-20(31)22(26-21(28)32)8-3-4-9-22/h5-6,12H,2-4,7-11,13H2,1H3,(H,26,32)(H,24,25,30). The number of aromatic nitrogens is 2. The molecule has 4 amide bonds. The molecule has 2 aromatic rings. The van der Waals surface area contributed by atoms with Crippen molar-refractivity contribution in [2.24, 2.45) is 0 Å². The molecule has 1 saturated heterocycles. The van der Waals surface area contributed by atoms with Gasteiger partial charge in [0.1, 0.15) is 11.4 Å². The van der Waals surface area contributed by atoms with E-state index in [0.717, 1.165) is 17.7 Å². The van der Waals surface area contributed by atoms with Crippen LogP contribution in [-0.2, 0) is 16.1 Å². The normalized spacial score (nSPS) is 17.4. The molecule has 4 rings (SSSR count). The summed E-state index contributed by atoms with van der Waals surface area (Å²) < 4.78 is 0. The summed E-state index contributed by atoms with van der Waals surface area (Å²) in [7, 11) is 0. The van der Waals surface area contributed by atoms with Gasteiger partial charge in [-0.1, -0.05) is 31.4 Å². The summed E-state index contributed by atoms with van der Waals surface area (Å²) in [6.45, 7) is 2.55. The van der Waals surface area contributed by atoms with Gasteiger partial charge in [0.15, 0.2) is 0 Å². The topological polar surface area (TPSA) is 115 Å². The van der Waals surface area contributed by atoms with Crippen LogP contribution >= 0.6 is 11.6 Å². The van der Waals surface area contributed by atoms with E-state index >= 15 is 0 Å².